The monoisotopic (exact) mass is 530 g/mol. The molecule has 4 heteroatoms. The van der Waals surface area contributed by atoms with Crippen molar-refractivity contribution in [2.45, 2.75) is 39.5 Å². The molecule has 0 fully saturated rings. The molecule has 3 nitrogen and oxygen atoms in total. The fourth-order valence-corrected chi connectivity index (χ4v) is 4.94. The van der Waals surface area contributed by atoms with Crippen molar-refractivity contribution < 1.29 is 14.2 Å². The number of halogens is 1. The second-order valence-corrected chi connectivity index (χ2v) is 9.32. The zero-order chi connectivity index (χ0) is 22.7. The van der Waals surface area contributed by atoms with Crippen LogP contribution in [0.1, 0.15) is 50.7 Å². The highest BCUT2D eigenvalue weighted by Crippen LogP contribution is 2.50. The average molecular weight is 530 g/mol. The Morgan fingerprint density at radius 3 is 1.90 bits per heavy atom. The van der Waals surface area contributed by atoms with E-state index in [2.05, 4.69) is 68.5 Å². The van der Waals surface area contributed by atoms with Crippen LogP contribution in [-0.4, -0.2) is 21.3 Å². The Morgan fingerprint density at radius 1 is 0.677 bits per heavy atom. The van der Waals surface area contributed by atoms with Crippen molar-refractivity contribution in [2.24, 2.45) is 0 Å². The fourth-order valence-electron chi connectivity index (χ4n) is 4.20. The van der Waals surface area contributed by atoms with Gasteiger partial charge in [-0.1, -0.05) is 52.0 Å². The summed E-state index contributed by atoms with van der Waals surface area (Å²) in [5, 5.41) is 0. The van der Waals surface area contributed by atoms with Crippen LogP contribution in [0.25, 0.3) is 22.3 Å². The molecule has 0 aliphatic carbocycles. The van der Waals surface area contributed by atoms with Gasteiger partial charge in [-0.2, -0.15) is 0 Å². The van der Waals surface area contributed by atoms with Gasteiger partial charge in [0.05, 0.1) is 21.3 Å². The third-order valence-corrected chi connectivity index (χ3v) is 6.49. The van der Waals surface area contributed by atoms with Crippen molar-refractivity contribution in [1.29, 1.82) is 0 Å². The van der Waals surface area contributed by atoms with Crippen LogP contribution in [0.2, 0.25) is 0 Å². The molecule has 0 saturated carbocycles. The smallest absolute Gasteiger partial charge is 0.130 e. The first-order chi connectivity index (χ1) is 14.8. The topological polar surface area (TPSA) is 27.7 Å². The van der Waals surface area contributed by atoms with Crippen molar-refractivity contribution >= 4 is 22.6 Å². The summed E-state index contributed by atoms with van der Waals surface area (Å²) in [6.07, 6.45) is 0. The van der Waals surface area contributed by atoms with Crippen LogP contribution < -0.4 is 14.2 Å². The number of rotatable bonds is 7. The zero-order valence-corrected chi connectivity index (χ0v) is 21.5. The summed E-state index contributed by atoms with van der Waals surface area (Å²) in [6.45, 7) is 8.92. The van der Waals surface area contributed by atoms with E-state index in [1.807, 2.05) is 30.3 Å². The summed E-state index contributed by atoms with van der Waals surface area (Å²) in [5.74, 6) is 3.17. The second-order valence-electron chi connectivity index (χ2n) is 8.16. The Bertz CT molecular complexity index is 1070. The number of hydrogen-bond acceptors (Lipinski definition) is 3. The maximum Gasteiger partial charge on any atom is 0.130 e. The largest absolute Gasteiger partial charge is 0.496 e. The third-order valence-electron chi connectivity index (χ3n) is 5.59. The van der Waals surface area contributed by atoms with E-state index in [1.54, 1.807) is 21.3 Å². The Morgan fingerprint density at radius 2 is 1.32 bits per heavy atom. The van der Waals surface area contributed by atoms with Crippen molar-refractivity contribution in [3.8, 4) is 39.5 Å². The van der Waals surface area contributed by atoms with Gasteiger partial charge >= 0.3 is 0 Å². The molecule has 3 rings (SSSR count). The van der Waals surface area contributed by atoms with Crippen LogP contribution in [-0.2, 0) is 0 Å². The molecule has 0 aliphatic rings. The van der Waals surface area contributed by atoms with E-state index in [-0.39, 0.29) is 5.92 Å². The third kappa shape index (κ3) is 4.40. The molecule has 0 heterocycles. The van der Waals surface area contributed by atoms with Crippen LogP contribution >= 0.6 is 22.6 Å². The van der Waals surface area contributed by atoms with Gasteiger partial charge in [-0.3, -0.25) is 0 Å². The predicted octanol–water partition coefficient (Wildman–Crippen LogP) is 7.90. The van der Waals surface area contributed by atoms with Crippen molar-refractivity contribution in [3.05, 3.63) is 63.2 Å². The highest BCUT2D eigenvalue weighted by atomic mass is 127. The number of methoxy groups -OCH3 is 3. The second kappa shape index (κ2) is 9.94. The highest BCUT2D eigenvalue weighted by molar-refractivity contribution is 14.1. The van der Waals surface area contributed by atoms with Crippen molar-refractivity contribution in [2.75, 3.05) is 21.3 Å². The quantitative estimate of drug-likeness (QED) is 0.291. The summed E-state index contributed by atoms with van der Waals surface area (Å²) in [7, 11) is 5.20. The van der Waals surface area contributed by atoms with Gasteiger partial charge in [0.1, 0.15) is 17.2 Å². The van der Waals surface area contributed by atoms with E-state index in [9.17, 15) is 0 Å². The number of para-hydroxylation sites is 1. The van der Waals surface area contributed by atoms with Gasteiger partial charge in [-0.05, 0) is 69.8 Å². The van der Waals surface area contributed by atoms with Gasteiger partial charge in [0.2, 0.25) is 0 Å². The molecule has 0 amide bonds. The molecule has 31 heavy (non-hydrogen) atoms. The molecule has 3 aromatic carbocycles. The Kier molecular flexibility index (Phi) is 7.52. The van der Waals surface area contributed by atoms with Gasteiger partial charge in [0.15, 0.2) is 0 Å². The molecule has 164 valence electrons. The van der Waals surface area contributed by atoms with Crippen molar-refractivity contribution in [3.63, 3.8) is 0 Å². The molecule has 0 atom stereocenters. The minimum absolute atomic E-state index is 0.248. The number of hydrogen-bond donors (Lipinski definition) is 0. The number of ether oxygens (including phenoxy) is 3. The molecule has 0 aliphatic heterocycles. The summed E-state index contributed by atoms with van der Waals surface area (Å²) in [4.78, 5) is 0. The molecular formula is C27H31IO3. The number of benzene rings is 3. The van der Waals surface area contributed by atoms with Crippen LogP contribution in [0.15, 0.2) is 48.5 Å². The highest BCUT2D eigenvalue weighted by Gasteiger charge is 2.27. The molecule has 3 aromatic rings. The van der Waals surface area contributed by atoms with Crippen LogP contribution in [0, 0.1) is 3.57 Å². The molecule has 0 N–H and O–H groups in total. The molecule has 0 spiro atoms. The molecule has 0 unspecified atom stereocenters. The minimum Gasteiger partial charge on any atom is -0.496 e. The normalized spacial score (nSPS) is 11.2. The fraction of sp³-hybridized carbons (Fsp3) is 0.333. The van der Waals surface area contributed by atoms with Crippen LogP contribution in [0.3, 0.4) is 0 Å². The van der Waals surface area contributed by atoms with Gasteiger partial charge in [-0.15, -0.1) is 0 Å². The molecule has 0 aromatic heterocycles. The van der Waals surface area contributed by atoms with Gasteiger partial charge in [-0.25, -0.2) is 0 Å². The molecule has 0 bridgehead atoms. The van der Waals surface area contributed by atoms with E-state index >= 15 is 0 Å². The summed E-state index contributed by atoms with van der Waals surface area (Å²) in [6, 6.07) is 16.6. The Balaban J connectivity index is 2.52. The first-order valence-electron chi connectivity index (χ1n) is 10.6. The van der Waals surface area contributed by atoms with E-state index < -0.39 is 0 Å². The lowest BCUT2D eigenvalue weighted by Gasteiger charge is -2.27. The predicted molar refractivity (Wildman–Crippen MR) is 138 cm³/mol. The summed E-state index contributed by atoms with van der Waals surface area (Å²) >= 11 is 2.41. The first kappa shape index (κ1) is 23.5. The maximum atomic E-state index is 6.10. The van der Waals surface area contributed by atoms with E-state index in [0.717, 1.165) is 37.5 Å². The molecule has 0 radical (unpaired) electrons. The molecular weight excluding hydrogens is 499 g/mol. The van der Waals surface area contributed by atoms with Crippen LogP contribution in [0.5, 0.6) is 17.2 Å². The minimum atomic E-state index is 0.248. The first-order valence-corrected chi connectivity index (χ1v) is 11.6. The Labute approximate surface area is 199 Å². The van der Waals surface area contributed by atoms with Gasteiger partial charge in [0.25, 0.3) is 0 Å². The maximum absolute atomic E-state index is 6.10. The SMILES string of the molecule is COc1ccccc1-c1cc(C(C)C)c(-c2c(I)cccc2OC)c(C(C)C)c1OC. The van der Waals surface area contributed by atoms with Crippen LogP contribution in [0.4, 0.5) is 0 Å². The zero-order valence-electron chi connectivity index (χ0n) is 19.4. The molecule has 0 saturated heterocycles. The Hall–Kier alpha value is -2.21. The lowest BCUT2D eigenvalue weighted by Crippen LogP contribution is -2.07. The standard InChI is InChI=1S/C27H31IO3/c1-16(2)19-15-20(18-11-8-9-13-22(18)29-5)27(31-7)24(17(3)4)25(19)26-21(28)12-10-14-23(26)30-6/h8-17H,1-7H3. The lowest BCUT2D eigenvalue weighted by atomic mass is 9.81. The summed E-state index contributed by atoms with van der Waals surface area (Å²) < 4.78 is 18.8. The average Bonchev–Trinajstić information content (AvgIpc) is 2.77. The summed E-state index contributed by atoms with van der Waals surface area (Å²) in [5.41, 5.74) is 6.89. The van der Waals surface area contributed by atoms with E-state index in [1.165, 1.54) is 16.7 Å². The van der Waals surface area contributed by atoms with Gasteiger partial charge < -0.3 is 14.2 Å². The van der Waals surface area contributed by atoms with E-state index in [4.69, 9.17) is 14.2 Å². The van der Waals surface area contributed by atoms with Crippen molar-refractivity contribution in [1.82, 2.24) is 0 Å². The van der Waals surface area contributed by atoms with Gasteiger partial charge in [0, 0.05) is 25.8 Å². The van der Waals surface area contributed by atoms with E-state index in [0.29, 0.717) is 5.92 Å². The lowest BCUT2D eigenvalue weighted by molar-refractivity contribution is 0.405.